The molecule has 2 amide bonds. The normalized spacial score (nSPS) is 13.6. The van der Waals surface area contributed by atoms with Gasteiger partial charge in [0.2, 0.25) is 5.88 Å². The molecule has 0 bridgehead atoms. The van der Waals surface area contributed by atoms with Crippen molar-refractivity contribution in [2.75, 3.05) is 26.2 Å². The highest BCUT2D eigenvalue weighted by Gasteiger charge is 2.27. The average molecular weight is 507 g/mol. The first-order valence-corrected chi connectivity index (χ1v) is 11.6. The number of halogens is 2. The van der Waals surface area contributed by atoms with Gasteiger partial charge in [-0.15, -0.1) is 5.10 Å². The van der Waals surface area contributed by atoms with E-state index in [1.807, 2.05) is 6.07 Å². The number of aromatic amines is 1. The summed E-state index contributed by atoms with van der Waals surface area (Å²) in [6.07, 6.45) is 0. The zero-order valence-electron chi connectivity index (χ0n) is 18.9. The SMILES string of the molecule is O=C(c1ccccc1)N1CCN(C(=O)c2cc(Oc3n[nH]c(=O)c4cccc(Cl)c34)ccc2F)CC1. The molecule has 0 unspecified atom stereocenters. The molecule has 36 heavy (non-hydrogen) atoms. The van der Waals surface area contributed by atoms with Gasteiger partial charge in [0.1, 0.15) is 11.6 Å². The van der Waals surface area contributed by atoms with Gasteiger partial charge < -0.3 is 14.5 Å². The molecule has 1 N–H and O–H groups in total. The summed E-state index contributed by atoms with van der Waals surface area (Å²) in [7, 11) is 0. The number of nitrogens with zero attached hydrogens (tertiary/aromatic N) is 3. The highest BCUT2D eigenvalue weighted by Crippen LogP contribution is 2.32. The van der Waals surface area contributed by atoms with E-state index in [4.69, 9.17) is 16.3 Å². The molecule has 1 saturated heterocycles. The fourth-order valence-corrected chi connectivity index (χ4v) is 4.37. The van der Waals surface area contributed by atoms with Gasteiger partial charge in [-0.2, -0.15) is 0 Å². The number of fused-ring (bicyclic) bond motifs is 1. The van der Waals surface area contributed by atoms with Crippen molar-refractivity contribution in [2.45, 2.75) is 0 Å². The number of carbonyl (C=O) groups is 2. The van der Waals surface area contributed by atoms with E-state index in [-0.39, 0.29) is 46.6 Å². The molecule has 5 rings (SSSR count). The third-order valence-corrected chi connectivity index (χ3v) is 6.30. The summed E-state index contributed by atoms with van der Waals surface area (Å²) in [5, 5.41) is 7.13. The van der Waals surface area contributed by atoms with Crippen molar-refractivity contribution in [3.63, 3.8) is 0 Å². The summed E-state index contributed by atoms with van der Waals surface area (Å²) in [6.45, 7) is 1.21. The number of amides is 2. The molecular formula is C26H20ClFN4O4. The maximum absolute atomic E-state index is 14.7. The molecule has 2 heterocycles. The van der Waals surface area contributed by atoms with Crippen LogP contribution in [0.1, 0.15) is 20.7 Å². The lowest BCUT2D eigenvalue weighted by atomic mass is 10.1. The first kappa shape index (κ1) is 23.5. The number of aromatic nitrogens is 2. The van der Waals surface area contributed by atoms with Crippen LogP contribution < -0.4 is 10.3 Å². The quantitative estimate of drug-likeness (QED) is 0.449. The highest BCUT2D eigenvalue weighted by atomic mass is 35.5. The number of carbonyl (C=O) groups excluding carboxylic acids is 2. The second-order valence-corrected chi connectivity index (χ2v) is 8.62. The minimum absolute atomic E-state index is 0.0215. The van der Waals surface area contributed by atoms with Crippen LogP contribution in [0.25, 0.3) is 10.8 Å². The van der Waals surface area contributed by atoms with Crippen LogP contribution in [0.4, 0.5) is 4.39 Å². The van der Waals surface area contributed by atoms with E-state index < -0.39 is 17.3 Å². The van der Waals surface area contributed by atoms with Crippen molar-refractivity contribution in [1.82, 2.24) is 20.0 Å². The van der Waals surface area contributed by atoms with Crippen LogP contribution in [0.3, 0.4) is 0 Å². The Morgan fingerprint density at radius 2 is 1.61 bits per heavy atom. The molecule has 3 aromatic carbocycles. The van der Waals surface area contributed by atoms with Crippen molar-refractivity contribution in [3.05, 3.63) is 99.1 Å². The van der Waals surface area contributed by atoms with E-state index in [1.54, 1.807) is 47.4 Å². The van der Waals surface area contributed by atoms with Gasteiger partial charge in [0.25, 0.3) is 17.4 Å². The molecule has 0 saturated carbocycles. The van der Waals surface area contributed by atoms with Crippen LogP contribution >= 0.6 is 11.6 Å². The highest BCUT2D eigenvalue weighted by molar-refractivity contribution is 6.36. The zero-order chi connectivity index (χ0) is 25.2. The Morgan fingerprint density at radius 1 is 0.917 bits per heavy atom. The van der Waals surface area contributed by atoms with Gasteiger partial charge >= 0.3 is 0 Å². The molecule has 0 aliphatic carbocycles. The standard InChI is InChI=1S/C26H20ClFN4O4/c27-20-8-4-7-18-22(20)24(30-29-23(18)33)36-17-9-10-21(28)19(15-17)26(35)32-13-11-31(12-14-32)25(34)16-5-2-1-3-6-16/h1-10,15H,11-14H2,(H,29,33). The van der Waals surface area contributed by atoms with Crippen molar-refractivity contribution in [2.24, 2.45) is 0 Å². The molecule has 0 spiro atoms. The summed E-state index contributed by atoms with van der Waals surface area (Å²) in [4.78, 5) is 41.1. The predicted octanol–water partition coefficient (Wildman–Crippen LogP) is 4.11. The third-order valence-electron chi connectivity index (χ3n) is 5.99. The van der Waals surface area contributed by atoms with Crippen LogP contribution in [0.15, 0.2) is 71.5 Å². The maximum atomic E-state index is 14.7. The van der Waals surface area contributed by atoms with Gasteiger partial charge in [0.05, 0.1) is 21.4 Å². The van der Waals surface area contributed by atoms with Crippen molar-refractivity contribution in [1.29, 1.82) is 0 Å². The summed E-state index contributed by atoms with van der Waals surface area (Å²) in [5.74, 6) is -1.15. The van der Waals surface area contributed by atoms with Gasteiger partial charge in [0.15, 0.2) is 0 Å². The molecule has 10 heteroatoms. The molecule has 1 aliphatic rings. The van der Waals surface area contributed by atoms with Crippen LogP contribution in [0.2, 0.25) is 5.02 Å². The Hall–Kier alpha value is -4.24. The minimum atomic E-state index is -0.701. The Kier molecular flexibility index (Phi) is 6.39. The molecule has 182 valence electrons. The van der Waals surface area contributed by atoms with Gasteiger partial charge in [-0.1, -0.05) is 35.9 Å². The number of ether oxygens (including phenoxy) is 1. The Balaban J connectivity index is 1.33. The summed E-state index contributed by atoms with van der Waals surface area (Å²) < 4.78 is 20.5. The third kappa shape index (κ3) is 4.52. The molecule has 8 nitrogen and oxygen atoms in total. The van der Waals surface area contributed by atoms with Crippen LogP contribution in [-0.2, 0) is 0 Å². The maximum Gasteiger partial charge on any atom is 0.272 e. The van der Waals surface area contributed by atoms with Crippen molar-refractivity contribution >= 4 is 34.2 Å². The summed E-state index contributed by atoms with van der Waals surface area (Å²) >= 11 is 6.26. The molecule has 4 aromatic rings. The lowest BCUT2D eigenvalue weighted by Gasteiger charge is -2.35. The van der Waals surface area contributed by atoms with Crippen molar-refractivity contribution < 1.29 is 18.7 Å². The lowest BCUT2D eigenvalue weighted by Crippen LogP contribution is -2.50. The Bertz CT molecular complexity index is 1520. The molecular weight excluding hydrogens is 487 g/mol. The van der Waals surface area contributed by atoms with E-state index in [1.165, 1.54) is 17.0 Å². The van der Waals surface area contributed by atoms with E-state index in [0.717, 1.165) is 6.07 Å². The molecule has 1 aliphatic heterocycles. The second-order valence-electron chi connectivity index (χ2n) is 8.21. The van der Waals surface area contributed by atoms with Crippen LogP contribution in [0.5, 0.6) is 11.6 Å². The topological polar surface area (TPSA) is 95.6 Å². The lowest BCUT2D eigenvalue weighted by molar-refractivity contribution is 0.0532. The van der Waals surface area contributed by atoms with Crippen LogP contribution in [0, 0.1) is 5.82 Å². The fraction of sp³-hybridized carbons (Fsp3) is 0.154. The van der Waals surface area contributed by atoms with E-state index in [9.17, 15) is 18.8 Å². The number of nitrogens with one attached hydrogen (secondary N) is 1. The number of benzene rings is 3. The number of hydrogen-bond acceptors (Lipinski definition) is 5. The van der Waals surface area contributed by atoms with Gasteiger partial charge in [-0.3, -0.25) is 14.4 Å². The summed E-state index contributed by atoms with van der Waals surface area (Å²) in [6, 6.07) is 17.5. The summed E-state index contributed by atoms with van der Waals surface area (Å²) in [5.41, 5.74) is -0.0217. The van der Waals surface area contributed by atoms with Crippen molar-refractivity contribution in [3.8, 4) is 11.6 Å². The number of hydrogen-bond donors (Lipinski definition) is 1. The molecule has 1 aromatic heterocycles. The van der Waals surface area contributed by atoms with Gasteiger partial charge in [0, 0.05) is 31.7 Å². The monoisotopic (exact) mass is 506 g/mol. The predicted molar refractivity (Wildman–Crippen MR) is 132 cm³/mol. The van der Waals surface area contributed by atoms with Crippen LogP contribution in [-0.4, -0.2) is 58.0 Å². The van der Waals surface area contributed by atoms with E-state index >= 15 is 0 Å². The largest absolute Gasteiger partial charge is 0.437 e. The first-order valence-electron chi connectivity index (χ1n) is 11.2. The molecule has 0 atom stereocenters. The number of H-pyrrole nitrogens is 1. The minimum Gasteiger partial charge on any atom is -0.437 e. The van der Waals surface area contributed by atoms with E-state index in [0.29, 0.717) is 24.0 Å². The Morgan fingerprint density at radius 3 is 2.33 bits per heavy atom. The van der Waals surface area contributed by atoms with E-state index in [2.05, 4.69) is 10.2 Å². The first-order chi connectivity index (χ1) is 17.4. The molecule has 0 radical (unpaired) electrons. The second kappa shape index (κ2) is 9.79. The van der Waals surface area contributed by atoms with Gasteiger partial charge in [-0.05, 0) is 42.5 Å². The number of rotatable bonds is 4. The van der Waals surface area contributed by atoms with Gasteiger partial charge in [-0.25, -0.2) is 9.49 Å². The average Bonchev–Trinajstić information content (AvgIpc) is 2.91. The molecule has 1 fully saturated rings. The fourth-order valence-electron chi connectivity index (χ4n) is 4.11. The number of piperazine rings is 1. The smallest absolute Gasteiger partial charge is 0.272 e. The Labute approximate surface area is 209 Å². The zero-order valence-corrected chi connectivity index (χ0v) is 19.7.